The lowest BCUT2D eigenvalue weighted by molar-refractivity contribution is -0.880. The van der Waals surface area contributed by atoms with E-state index in [1.807, 2.05) is 48.8 Å². The first-order valence-corrected chi connectivity index (χ1v) is 11.4. The molecule has 6 nitrogen and oxygen atoms in total. The number of rotatable bonds is 5. The number of piperidine rings is 1. The molecular weight excluding hydrogens is 410 g/mol. The maximum atomic E-state index is 13.3. The third-order valence-corrected chi connectivity index (χ3v) is 6.58. The number of fused-ring (bicyclic) bond motifs is 1. The van der Waals surface area contributed by atoms with Crippen LogP contribution < -0.4 is 10.6 Å². The number of hydroxylamine groups is 3. The lowest BCUT2D eigenvalue weighted by Gasteiger charge is -2.48. The SMILES string of the molecule is N#Cc1cccc(-c2cc(NC3CC[N+]([O-])(CC4=CCNC=C4)CC3)c3cnccc3c2)c1. The number of nitrogens with zero attached hydrogens (tertiary/aromatic N) is 3. The Morgan fingerprint density at radius 1 is 1.15 bits per heavy atom. The fraction of sp³-hybridized carbons (Fsp3) is 0.259. The van der Waals surface area contributed by atoms with E-state index in [-0.39, 0.29) is 10.7 Å². The Morgan fingerprint density at radius 3 is 2.82 bits per heavy atom. The molecule has 0 unspecified atom stereocenters. The minimum absolute atomic E-state index is 0.155. The highest BCUT2D eigenvalue weighted by atomic mass is 16.5. The van der Waals surface area contributed by atoms with Crippen molar-refractivity contribution >= 4 is 16.5 Å². The minimum Gasteiger partial charge on any atom is -0.633 e. The standard InChI is InChI=1S/C27H27N5O/c28-17-21-2-1-3-22(14-21)24-15-23-6-11-30-18-26(23)27(16-24)31-25-7-12-32(33,13-8-25)19-20-4-9-29-10-5-20/h1-6,9,11,14-16,18,25,29,31H,7-8,10,12-13,19H2. The van der Waals surface area contributed by atoms with E-state index in [2.05, 4.69) is 39.9 Å². The number of nitrogens with one attached hydrogen (secondary N) is 2. The summed E-state index contributed by atoms with van der Waals surface area (Å²) in [5.41, 5.74) is 4.87. The number of pyridine rings is 1. The van der Waals surface area contributed by atoms with E-state index in [0.29, 0.717) is 25.2 Å². The molecule has 6 heteroatoms. The van der Waals surface area contributed by atoms with Crippen LogP contribution in [0.1, 0.15) is 18.4 Å². The predicted octanol–water partition coefficient (Wildman–Crippen LogP) is 4.71. The van der Waals surface area contributed by atoms with Crippen LogP contribution in [-0.2, 0) is 0 Å². The Bertz CT molecular complexity index is 1260. The van der Waals surface area contributed by atoms with Crippen LogP contribution >= 0.6 is 0 Å². The Hall–Kier alpha value is -3.66. The van der Waals surface area contributed by atoms with Gasteiger partial charge in [-0.3, -0.25) is 4.98 Å². The van der Waals surface area contributed by atoms with Crippen LogP contribution in [0.15, 0.2) is 78.8 Å². The summed E-state index contributed by atoms with van der Waals surface area (Å²) in [6.07, 6.45) is 11.4. The van der Waals surface area contributed by atoms with E-state index >= 15 is 0 Å². The van der Waals surface area contributed by atoms with Gasteiger partial charge in [-0.05, 0) is 59.1 Å². The fourth-order valence-corrected chi connectivity index (χ4v) is 4.76. The zero-order valence-electron chi connectivity index (χ0n) is 18.5. The van der Waals surface area contributed by atoms with Crippen molar-refractivity contribution in [1.29, 1.82) is 5.26 Å². The van der Waals surface area contributed by atoms with Gasteiger partial charge in [0.1, 0.15) is 6.54 Å². The fourth-order valence-electron chi connectivity index (χ4n) is 4.76. The number of quaternary nitrogens is 1. The number of anilines is 1. The van der Waals surface area contributed by atoms with Crippen molar-refractivity contribution in [3.63, 3.8) is 0 Å². The minimum atomic E-state index is -0.155. The van der Waals surface area contributed by atoms with Gasteiger partial charge >= 0.3 is 0 Å². The van der Waals surface area contributed by atoms with E-state index in [1.54, 1.807) is 6.20 Å². The monoisotopic (exact) mass is 437 g/mol. The predicted molar refractivity (Wildman–Crippen MR) is 132 cm³/mol. The molecule has 3 aromatic rings. The molecule has 1 fully saturated rings. The molecule has 5 rings (SSSR count). The molecule has 166 valence electrons. The quantitative estimate of drug-likeness (QED) is 0.446. The summed E-state index contributed by atoms with van der Waals surface area (Å²) in [5, 5.41) is 31.6. The summed E-state index contributed by atoms with van der Waals surface area (Å²) in [6.45, 7) is 2.56. The number of hydrogen-bond acceptors (Lipinski definition) is 5. The normalized spacial score (nSPS) is 22.3. The average Bonchev–Trinajstić information content (AvgIpc) is 2.86. The van der Waals surface area contributed by atoms with E-state index in [1.165, 1.54) is 0 Å². The molecule has 2 aromatic carbocycles. The van der Waals surface area contributed by atoms with Gasteiger partial charge in [-0.2, -0.15) is 5.26 Å². The van der Waals surface area contributed by atoms with E-state index in [0.717, 1.165) is 52.5 Å². The lowest BCUT2D eigenvalue weighted by Crippen LogP contribution is -2.51. The lowest BCUT2D eigenvalue weighted by atomic mass is 9.98. The third-order valence-electron chi connectivity index (χ3n) is 6.58. The molecule has 2 N–H and O–H groups in total. The van der Waals surface area contributed by atoms with Crippen molar-refractivity contribution in [3.8, 4) is 17.2 Å². The number of nitriles is 1. The molecule has 2 aliphatic heterocycles. The molecule has 2 aliphatic rings. The van der Waals surface area contributed by atoms with E-state index in [4.69, 9.17) is 0 Å². The van der Waals surface area contributed by atoms with Crippen molar-refractivity contribution in [2.75, 3.05) is 31.5 Å². The van der Waals surface area contributed by atoms with Crippen molar-refractivity contribution in [1.82, 2.24) is 10.3 Å². The van der Waals surface area contributed by atoms with Crippen LogP contribution in [0.3, 0.4) is 0 Å². The Morgan fingerprint density at radius 2 is 2.03 bits per heavy atom. The molecule has 0 atom stereocenters. The van der Waals surface area contributed by atoms with Crippen molar-refractivity contribution in [2.24, 2.45) is 0 Å². The van der Waals surface area contributed by atoms with Gasteiger partial charge in [-0.1, -0.05) is 18.2 Å². The topological polar surface area (TPSA) is 83.8 Å². The Kier molecular flexibility index (Phi) is 5.82. The molecule has 0 saturated carbocycles. The number of aromatic nitrogens is 1. The third kappa shape index (κ3) is 4.75. The van der Waals surface area contributed by atoms with Crippen LogP contribution in [0, 0.1) is 16.5 Å². The molecule has 1 saturated heterocycles. The zero-order valence-corrected chi connectivity index (χ0v) is 18.5. The Labute approximate surface area is 194 Å². The highest BCUT2D eigenvalue weighted by molar-refractivity contribution is 5.97. The first-order chi connectivity index (χ1) is 16.1. The van der Waals surface area contributed by atoms with Crippen molar-refractivity contribution < 1.29 is 4.65 Å². The molecule has 3 heterocycles. The van der Waals surface area contributed by atoms with Gasteiger partial charge in [-0.15, -0.1) is 0 Å². The molecule has 0 spiro atoms. The summed E-state index contributed by atoms with van der Waals surface area (Å²) in [7, 11) is 0. The van der Waals surface area contributed by atoms with Crippen molar-refractivity contribution in [2.45, 2.75) is 18.9 Å². The highest BCUT2D eigenvalue weighted by Gasteiger charge is 2.28. The number of hydrogen-bond donors (Lipinski definition) is 2. The van der Waals surface area contributed by atoms with Gasteiger partial charge in [0, 0.05) is 54.5 Å². The second-order valence-corrected chi connectivity index (χ2v) is 8.92. The smallest absolute Gasteiger partial charge is 0.104 e. The van der Waals surface area contributed by atoms with E-state index < -0.39 is 0 Å². The van der Waals surface area contributed by atoms with Gasteiger partial charge < -0.3 is 20.5 Å². The van der Waals surface area contributed by atoms with Gasteiger partial charge in [0.2, 0.25) is 0 Å². The largest absolute Gasteiger partial charge is 0.633 e. The molecule has 0 amide bonds. The summed E-state index contributed by atoms with van der Waals surface area (Å²) in [5.74, 6) is 0. The van der Waals surface area contributed by atoms with Gasteiger partial charge in [0.05, 0.1) is 24.7 Å². The molecule has 0 bridgehead atoms. The summed E-state index contributed by atoms with van der Waals surface area (Å²) >= 11 is 0. The maximum absolute atomic E-state index is 13.3. The average molecular weight is 438 g/mol. The summed E-state index contributed by atoms with van der Waals surface area (Å²) in [6, 6.07) is 16.4. The summed E-state index contributed by atoms with van der Waals surface area (Å²) in [4.78, 5) is 4.33. The maximum Gasteiger partial charge on any atom is 0.104 e. The molecular formula is C27H27N5O. The van der Waals surface area contributed by atoms with Crippen molar-refractivity contribution in [3.05, 3.63) is 89.6 Å². The van der Waals surface area contributed by atoms with Gasteiger partial charge in [0.15, 0.2) is 0 Å². The first kappa shape index (κ1) is 21.2. The van der Waals surface area contributed by atoms with Gasteiger partial charge in [0.25, 0.3) is 0 Å². The second-order valence-electron chi connectivity index (χ2n) is 8.92. The van der Waals surface area contributed by atoms with Crippen LogP contribution in [0.2, 0.25) is 0 Å². The number of likely N-dealkylation sites (tertiary alicyclic amines) is 1. The molecule has 1 aromatic heterocycles. The van der Waals surface area contributed by atoms with Crippen LogP contribution in [0.4, 0.5) is 5.69 Å². The molecule has 0 radical (unpaired) electrons. The number of dihydropyridines is 1. The highest BCUT2D eigenvalue weighted by Crippen LogP contribution is 2.33. The van der Waals surface area contributed by atoms with Crippen LogP contribution in [0.5, 0.6) is 0 Å². The molecule has 0 aliphatic carbocycles. The van der Waals surface area contributed by atoms with Crippen LogP contribution in [-0.4, -0.2) is 41.9 Å². The second kappa shape index (κ2) is 9.07. The Balaban J connectivity index is 1.36. The van der Waals surface area contributed by atoms with Gasteiger partial charge in [-0.25, -0.2) is 0 Å². The van der Waals surface area contributed by atoms with E-state index in [9.17, 15) is 10.5 Å². The number of benzene rings is 2. The summed E-state index contributed by atoms with van der Waals surface area (Å²) < 4.78 is -0.155. The molecule has 33 heavy (non-hydrogen) atoms. The van der Waals surface area contributed by atoms with Crippen LogP contribution in [0.25, 0.3) is 21.9 Å². The zero-order chi connectivity index (χ0) is 22.7. The first-order valence-electron chi connectivity index (χ1n) is 11.4.